The van der Waals surface area contributed by atoms with Gasteiger partial charge in [0.2, 0.25) is 5.91 Å². The lowest BCUT2D eigenvalue weighted by Gasteiger charge is -2.10. The summed E-state index contributed by atoms with van der Waals surface area (Å²) in [4.78, 5) is 11.0. The molecule has 0 saturated carbocycles. The lowest BCUT2D eigenvalue weighted by Crippen LogP contribution is -2.39. The molecular formula is C7H10ClNO3S. The molecule has 0 fully saturated rings. The predicted molar refractivity (Wildman–Crippen MR) is 50.2 cm³/mol. The van der Waals surface area contributed by atoms with Gasteiger partial charge in [0.25, 0.3) is 0 Å². The van der Waals surface area contributed by atoms with E-state index in [0.29, 0.717) is 0 Å². The van der Waals surface area contributed by atoms with Gasteiger partial charge in [0, 0.05) is 5.41 Å². The third kappa shape index (κ3) is 3.00. The second-order valence-corrected chi connectivity index (χ2v) is 5.48. The Morgan fingerprint density at radius 2 is 2.31 bits per heavy atom. The van der Waals surface area contributed by atoms with Crippen molar-refractivity contribution in [2.75, 3.05) is 5.75 Å². The molecule has 0 aromatic heterocycles. The van der Waals surface area contributed by atoms with Crippen molar-refractivity contribution in [3.05, 3.63) is 11.5 Å². The average molecular weight is 224 g/mol. The molecule has 1 aliphatic rings. The zero-order valence-electron chi connectivity index (χ0n) is 7.03. The molecular weight excluding hydrogens is 214 g/mol. The molecule has 2 unspecified atom stereocenters. The second kappa shape index (κ2) is 3.67. The number of carbonyl (C=O) groups excluding carboxylic acids is 1. The van der Waals surface area contributed by atoms with E-state index in [1.165, 1.54) is 13.0 Å². The van der Waals surface area contributed by atoms with Crippen LogP contribution in [0.3, 0.4) is 0 Å². The van der Waals surface area contributed by atoms with E-state index < -0.39 is 21.3 Å². The number of sulfone groups is 1. The van der Waals surface area contributed by atoms with Crippen LogP contribution in [0.15, 0.2) is 11.5 Å². The molecule has 0 aromatic rings. The van der Waals surface area contributed by atoms with Gasteiger partial charge in [-0.05, 0) is 13.0 Å². The molecule has 0 spiro atoms. The Bertz CT molecular complexity index is 334. The Morgan fingerprint density at radius 3 is 2.69 bits per heavy atom. The number of nitrogens with one attached hydrogen (secondary N) is 1. The molecule has 1 rings (SSSR count). The Labute approximate surface area is 81.9 Å². The molecule has 1 N–H and O–H groups in total. The highest BCUT2D eigenvalue weighted by molar-refractivity contribution is 7.94. The van der Waals surface area contributed by atoms with Gasteiger partial charge in [-0.3, -0.25) is 4.79 Å². The maximum absolute atomic E-state index is 11.0. The molecule has 1 heterocycles. The van der Waals surface area contributed by atoms with Gasteiger partial charge in [-0.25, -0.2) is 8.42 Å². The van der Waals surface area contributed by atoms with E-state index in [9.17, 15) is 13.2 Å². The summed E-state index contributed by atoms with van der Waals surface area (Å²) < 4.78 is 21.8. The summed E-state index contributed by atoms with van der Waals surface area (Å²) in [6.45, 7) is 1.53. The lowest BCUT2D eigenvalue weighted by molar-refractivity contribution is -0.120. The summed E-state index contributed by atoms with van der Waals surface area (Å²) in [5.74, 6) is -0.420. The van der Waals surface area contributed by atoms with E-state index in [1.807, 2.05) is 0 Å². The summed E-state index contributed by atoms with van der Waals surface area (Å²) in [5.41, 5.74) is 0. The third-order valence-corrected chi connectivity index (χ3v) is 3.21. The first-order valence-electron chi connectivity index (χ1n) is 3.76. The van der Waals surface area contributed by atoms with Crippen molar-refractivity contribution in [2.45, 2.75) is 18.3 Å². The highest BCUT2D eigenvalue weighted by Crippen LogP contribution is 2.08. The Morgan fingerprint density at radius 1 is 1.69 bits per heavy atom. The summed E-state index contributed by atoms with van der Waals surface area (Å²) in [7, 11) is -3.11. The van der Waals surface area contributed by atoms with Gasteiger partial charge in [0.1, 0.15) is 5.38 Å². The minimum atomic E-state index is -3.11. The SMILES string of the molecule is CC(Cl)C(=O)NC1C=CS(=O)(=O)C1. The molecule has 2 atom stereocenters. The van der Waals surface area contributed by atoms with Crippen molar-refractivity contribution in [1.29, 1.82) is 0 Å². The van der Waals surface area contributed by atoms with E-state index in [0.717, 1.165) is 5.41 Å². The summed E-state index contributed by atoms with van der Waals surface area (Å²) >= 11 is 5.49. The maximum atomic E-state index is 11.0. The van der Waals surface area contributed by atoms with Crippen LogP contribution < -0.4 is 5.32 Å². The molecule has 1 aliphatic heterocycles. The van der Waals surface area contributed by atoms with Crippen LogP contribution in [-0.4, -0.2) is 31.5 Å². The standard InChI is InChI=1S/C7H10ClNO3S/c1-5(8)7(10)9-6-2-3-13(11,12)4-6/h2-3,5-6H,4H2,1H3,(H,9,10). The van der Waals surface area contributed by atoms with E-state index >= 15 is 0 Å². The first kappa shape index (κ1) is 10.5. The zero-order chi connectivity index (χ0) is 10.1. The van der Waals surface area contributed by atoms with Crippen molar-refractivity contribution in [2.24, 2.45) is 0 Å². The maximum Gasteiger partial charge on any atom is 0.238 e. The lowest BCUT2D eigenvalue weighted by atomic mass is 10.3. The van der Waals surface area contributed by atoms with Crippen molar-refractivity contribution in [1.82, 2.24) is 5.32 Å². The third-order valence-electron chi connectivity index (χ3n) is 1.62. The van der Waals surface area contributed by atoms with Gasteiger partial charge >= 0.3 is 0 Å². The van der Waals surface area contributed by atoms with Crippen LogP contribution in [0, 0.1) is 0 Å². The van der Waals surface area contributed by atoms with Crippen molar-refractivity contribution < 1.29 is 13.2 Å². The number of amides is 1. The van der Waals surface area contributed by atoms with Crippen LogP contribution in [0.2, 0.25) is 0 Å². The zero-order valence-corrected chi connectivity index (χ0v) is 8.60. The van der Waals surface area contributed by atoms with Crippen molar-refractivity contribution in [3.8, 4) is 0 Å². The molecule has 0 aromatic carbocycles. The van der Waals surface area contributed by atoms with E-state index in [4.69, 9.17) is 11.6 Å². The first-order chi connectivity index (χ1) is 5.91. The monoisotopic (exact) mass is 223 g/mol. The fraction of sp³-hybridized carbons (Fsp3) is 0.571. The highest BCUT2D eigenvalue weighted by atomic mass is 35.5. The van der Waals surface area contributed by atoms with Gasteiger partial charge in [-0.1, -0.05) is 0 Å². The Balaban J connectivity index is 2.52. The normalized spacial score (nSPS) is 27.1. The van der Waals surface area contributed by atoms with Crippen LogP contribution >= 0.6 is 11.6 Å². The Hall–Kier alpha value is -0.550. The van der Waals surface area contributed by atoms with E-state index in [2.05, 4.69) is 5.32 Å². The average Bonchev–Trinajstić information content (AvgIpc) is 2.30. The summed E-state index contributed by atoms with van der Waals surface area (Å²) in [6.07, 6.45) is 1.45. The van der Waals surface area contributed by atoms with Gasteiger partial charge in [-0.15, -0.1) is 11.6 Å². The molecule has 0 saturated heterocycles. The molecule has 1 amide bonds. The number of hydrogen-bond acceptors (Lipinski definition) is 3. The first-order valence-corrected chi connectivity index (χ1v) is 5.91. The second-order valence-electron chi connectivity index (χ2n) is 2.89. The molecule has 6 heteroatoms. The van der Waals surface area contributed by atoms with Crippen molar-refractivity contribution in [3.63, 3.8) is 0 Å². The van der Waals surface area contributed by atoms with Crippen LogP contribution in [-0.2, 0) is 14.6 Å². The molecule has 0 radical (unpaired) electrons. The highest BCUT2D eigenvalue weighted by Gasteiger charge is 2.23. The summed E-state index contributed by atoms with van der Waals surface area (Å²) in [6, 6.07) is -0.432. The Kier molecular flexibility index (Phi) is 2.98. The van der Waals surface area contributed by atoms with Crippen LogP contribution in [0.1, 0.15) is 6.92 Å². The van der Waals surface area contributed by atoms with Gasteiger partial charge in [0.05, 0.1) is 11.8 Å². The largest absolute Gasteiger partial charge is 0.348 e. The number of hydrogen-bond donors (Lipinski definition) is 1. The van der Waals surface area contributed by atoms with Gasteiger partial charge in [0.15, 0.2) is 9.84 Å². The van der Waals surface area contributed by atoms with Gasteiger partial charge in [-0.2, -0.15) is 0 Å². The molecule has 0 aliphatic carbocycles. The van der Waals surface area contributed by atoms with Crippen LogP contribution in [0.25, 0.3) is 0 Å². The van der Waals surface area contributed by atoms with E-state index in [-0.39, 0.29) is 11.7 Å². The van der Waals surface area contributed by atoms with Gasteiger partial charge < -0.3 is 5.32 Å². The number of alkyl halides is 1. The quantitative estimate of drug-likeness (QED) is 0.673. The minimum absolute atomic E-state index is 0.0671. The summed E-state index contributed by atoms with van der Waals surface area (Å²) in [5, 5.41) is 2.96. The van der Waals surface area contributed by atoms with Crippen molar-refractivity contribution >= 4 is 27.3 Å². The fourth-order valence-electron chi connectivity index (χ4n) is 0.963. The van der Waals surface area contributed by atoms with Crippen LogP contribution in [0.4, 0.5) is 0 Å². The smallest absolute Gasteiger partial charge is 0.238 e. The van der Waals surface area contributed by atoms with E-state index in [1.54, 1.807) is 0 Å². The topological polar surface area (TPSA) is 63.2 Å². The molecule has 4 nitrogen and oxygen atoms in total. The minimum Gasteiger partial charge on any atom is -0.348 e. The fourth-order valence-corrected chi connectivity index (χ4v) is 2.26. The number of rotatable bonds is 2. The number of halogens is 1. The number of carbonyl (C=O) groups is 1. The molecule has 13 heavy (non-hydrogen) atoms. The molecule has 74 valence electrons. The molecule has 0 bridgehead atoms. The van der Waals surface area contributed by atoms with Crippen LogP contribution in [0.5, 0.6) is 0 Å². The predicted octanol–water partition coefficient (Wildman–Crippen LogP) is 0.0406.